The molecule has 0 bridgehead atoms. The molecule has 1 aromatic carbocycles. The van der Waals surface area contributed by atoms with E-state index in [4.69, 9.17) is 5.73 Å². The Balaban J connectivity index is 2.05. The van der Waals surface area contributed by atoms with Crippen LogP contribution in [-0.2, 0) is 13.0 Å². The minimum atomic E-state index is -0.0549. The molecule has 0 fully saturated rings. The van der Waals surface area contributed by atoms with Crippen LogP contribution in [0.15, 0.2) is 24.4 Å². The number of aromatic nitrogens is 1. The highest BCUT2D eigenvalue weighted by Gasteiger charge is 2.10. The Bertz CT molecular complexity index is 636. The number of nitrogens with two attached hydrogens (primary N) is 1. The number of benzene rings is 1. The number of carbonyl (C=O) groups is 1. The molecule has 0 atom stereocenters. The van der Waals surface area contributed by atoms with Crippen LogP contribution in [0.25, 0.3) is 0 Å². The van der Waals surface area contributed by atoms with Crippen molar-refractivity contribution < 1.29 is 4.79 Å². The number of nitrogen functional groups attached to an aromatic ring is 1. The highest BCUT2D eigenvalue weighted by Crippen LogP contribution is 2.22. The predicted octanol–water partition coefficient (Wildman–Crippen LogP) is 2.60. The van der Waals surface area contributed by atoms with E-state index < -0.39 is 0 Å². The number of aryl methyl sites for hydroxylation is 1. The second kappa shape index (κ2) is 6.58. The van der Waals surface area contributed by atoms with Gasteiger partial charge in [0.2, 0.25) is 0 Å². The van der Waals surface area contributed by atoms with E-state index in [-0.39, 0.29) is 5.91 Å². The van der Waals surface area contributed by atoms with Gasteiger partial charge in [-0.05, 0) is 24.6 Å². The van der Waals surface area contributed by atoms with Crippen LogP contribution < -0.4 is 11.1 Å². The molecule has 0 aliphatic rings. The highest BCUT2D eigenvalue weighted by atomic mass is 32.1. The summed E-state index contributed by atoms with van der Waals surface area (Å²) >= 11 is 1.69. The van der Waals surface area contributed by atoms with Crippen molar-refractivity contribution in [1.82, 2.24) is 9.88 Å². The number of nitrogens with one attached hydrogen (secondary N) is 1. The maximum absolute atomic E-state index is 11.9. The number of anilines is 2. The fourth-order valence-electron chi connectivity index (χ4n) is 1.88. The van der Waals surface area contributed by atoms with Crippen LogP contribution in [0.2, 0.25) is 0 Å². The lowest BCUT2D eigenvalue weighted by Crippen LogP contribution is -2.21. The molecule has 2 rings (SSSR count). The molecule has 2 aromatic rings. The summed E-state index contributed by atoms with van der Waals surface area (Å²) in [5.41, 5.74) is 7.98. The Morgan fingerprint density at radius 2 is 2.19 bits per heavy atom. The predicted molar refractivity (Wildman–Crippen MR) is 87.7 cm³/mol. The molecule has 0 unspecified atom stereocenters. The molecule has 1 heterocycles. The first-order chi connectivity index (χ1) is 10.0. The molecule has 0 aliphatic heterocycles. The lowest BCUT2D eigenvalue weighted by Gasteiger charge is -2.13. The van der Waals surface area contributed by atoms with Gasteiger partial charge in [0.15, 0.2) is 0 Å². The monoisotopic (exact) mass is 304 g/mol. The molecule has 21 heavy (non-hydrogen) atoms. The molecule has 5 nitrogen and oxygen atoms in total. The summed E-state index contributed by atoms with van der Waals surface area (Å²) in [4.78, 5) is 19.0. The SMILES string of the molecule is CCc1cnc(CNc2ccc(C(=O)N(C)C)cc2N)s1. The topological polar surface area (TPSA) is 71.2 Å². The molecule has 1 aromatic heterocycles. The molecule has 0 saturated heterocycles. The number of carbonyl (C=O) groups excluding carboxylic acids is 1. The molecule has 0 spiro atoms. The molecule has 0 radical (unpaired) electrons. The third-order valence-electron chi connectivity index (χ3n) is 3.08. The van der Waals surface area contributed by atoms with E-state index in [1.165, 1.54) is 9.78 Å². The van der Waals surface area contributed by atoms with Crippen molar-refractivity contribution in [2.75, 3.05) is 25.1 Å². The molecule has 0 aliphatic carbocycles. The van der Waals surface area contributed by atoms with Crippen molar-refractivity contribution in [3.05, 3.63) is 39.8 Å². The lowest BCUT2D eigenvalue weighted by molar-refractivity contribution is 0.0827. The first-order valence-electron chi connectivity index (χ1n) is 6.80. The van der Waals surface area contributed by atoms with E-state index in [9.17, 15) is 4.79 Å². The summed E-state index contributed by atoms with van der Waals surface area (Å²) in [5.74, 6) is -0.0549. The van der Waals surface area contributed by atoms with Crippen LogP contribution in [0.4, 0.5) is 11.4 Å². The van der Waals surface area contributed by atoms with Gasteiger partial charge in [-0.15, -0.1) is 11.3 Å². The van der Waals surface area contributed by atoms with Gasteiger partial charge in [0.1, 0.15) is 5.01 Å². The Morgan fingerprint density at radius 3 is 2.76 bits per heavy atom. The Labute approximate surface area is 128 Å². The number of nitrogens with zero attached hydrogens (tertiary/aromatic N) is 2. The minimum absolute atomic E-state index is 0.0549. The van der Waals surface area contributed by atoms with E-state index >= 15 is 0 Å². The number of hydrogen-bond acceptors (Lipinski definition) is 5. The van der Waals surface area contributed by atoms with Gasteiger partial charge in [0.25, 0.3) is 5.91 Å². The van der Waals surface area contributed by atoms with E-state index in [0.717, 1.165) is 17.1 Å². The number of hydrogen-bond donors (Lipinski definition) is 2. The molecular formula is C15H20N4OS. The van der Waals surface area contributed by atoms with Gasteiger partial charge in [-0.3, -0.25) is 4.79 Å². The zero-order valence-corrected chi connectivity index (χ0v) is 13.3. The normalized spacial score (nSPS) is 10.4. The van der Waals surface area contributed by atoms with E-state index in [1.807, 2.05) is 12.3 Å². The van der Waals surface area contributed by atoms with Crippen LogP contribution in [0.1, 0.15) is 27.2 Å². The zero-order chi connectivity index (χ0) is 15.4. The first kappa shape index (κ1) is 15.3. The number of amides is 1. The van der Waals surface area contributed by atoms with E-state index in [1.54, 1.807) is 37.6 Å². The summed E-state index contributed by atoms with van der Waals surface area (Å²) in [7, 11) is 3.44. The highest BCUT2D eigenvalue weighted by molar-refractivity contribution is 7.11. The molecule has 112 valence electrons. The van der Waals surface area contributed by atoms with Crippen molar-refractivity contribution in [2.45, 2.75) is 19.9 Å². The number of rotatable bonds is 5. The van der Waals surface area contributed by atoms with Crippen molar-refractivity contribution in [3.63, 3.8) is 0 Å². The molecule has 0 saturated carbocycles. The van der Waals surface area contributed by atoms with Gasteiger partial charge in [-0.25, -0.2) is 4.98 Å². The largest absolute Gasteiger partial charge is 0.397 e. The van der Waals surface area contributed by atoms with Gasteiger partial charge < -0.3 is 16.0 Å². The summed E-state index contributed by atoms with van der Waals surface area (Å²) in [6.07, 6.45) is 2.91. The zero-order valence-electron chi connectivity index (χ0n) is 12.5. The smallest absolute Gasteiger partial charge is 0.253 e. The van der Waals surface area contributed by atoms with Crippen molar-refractivity contribution in [1.29, 1.82) is 0 Å². The van der Waals surface area contributed by atoms with Gasteiger partial charge in [0, 0.05) is 30.7 Å². The van der Waals surface area contributed by atoms with Gasteiger partial charge in [-0.2, -0.15) is 0 Å². The fraction of sp³-hybridized carbons (Fsp3) is 0.333. The maximum Gasteiger partial charge on any atom is 0.253 e. The molecular weight excluding hydrogens is 284 g/mol. The Hall–Kier alpha value is -2.08. The first-order valence-corrected chi connectivity index (χ1v) is 7.61. The lowest BCUT2D eigenvalue weighted by atomic mass is 10.1. The standard InChI is InChI=1S/C15H20N4OS/c1-4-11-8-18-14(21-11)9-17-13-6-5-10(7-12(13)16)15(20)19(2)3/h5-8,17H,4,9,16H2,1-3H3. The summed E-state index contributed by atoms with van der Waals surface area (Å²) in [5, 5.41) is 4.29. The Morgan fingerprint density at radius 1 is 1.43 bits per heavy atom. The van der Waals surface area contributed by atoms with Crippen molar-refractivity contribution in [3.8, 4) is 0 Å². The van der Waals surface area contributed by atoms with Crippen LogP contribution in [0, 0.1) is 0 Å². The average molecular weight is 304 g/mol. The second-order valence-electron chi connectivity index (χ2n) is 4.93. The average Bonchev–Trinajstić information content (AvgIpc) is 2.93. The Kier molecular flexibility index (Phi) is 4.80. The third-order valence-corrected chi connectivity index (χ3v) is 4.23. The summed E-state index contributed by atoms with van der Waals surface area (Å²) < 4.78 is 0. The summed E-state index contributed by atoms with van der Waals surface area (Å²) in [6, 6.07) is 5.31. The van der Waals surface area contributed by atoms with Crippen molar-refractivity contribution in [2.24, 2.45) is 0 Å². The quantitative estimate of drug-likeness (QED) is 0.833. The van der Waals surface area contributed by atoms with Gasteiger partial charge in [0.05, 0.1) is 17.9 Å². The van der Waals surface area contributed by atoms with Crippen LogP contribution in [0.5, 0.6) is 0 Å². The number of thiazole rings is 1. The maximum atomic E-state index is 11.9. The van der Waals surface area contributed by atoms with Gasteiger partial charge in [-0.1, -0.05) is 6.92 Å². The van der Waals surface area contributed by atoms with E-state index in [0.29, 0.717) is 17.8 Å². The van der Waals surface area contributed by atoms with E-state index in [2.05, 4.69) is 17.2 Å². The molecule has 6 heteroatoms. The third kappa shape index (κ3) is 3.72. The molecule has 3 N–H and O–H groups in total. The van der Waals surface area contributed by atoms with Crippen LogP contribution in [-0.4, -0.2) is 29.9 Å². The fourth-order valence-corrected chi connectivity index (χ4v) is 2.68. The molecule has 1 amide bonds. The van der Waals surface area contributed by atoms with Gasteiger partial charge >= 0.3 is 0 Å². The van der Waals surface area contributed by atoms with Crippen LogP contribution >= 0.6 is 11.3 Å². The minimum Gasteiger partial charge on any atom is -0.397 e. The van der Waals surface area contributed by atoms with Crippen LogP contribution in [0.3, 0.4) is 0 Å². The van der Waals surface area contributed by atoms with Crippen molar-refractivity contribution >= 4 is 28.6 Å². The second-order valence-corrected chi connectivity index (χ2v) is 6.13. The summed E-state index contributed by atoms with van der Waals surface area (Å²) in [6.45, 7) is 2.75.